The van der Waals surface area contributed by atoms with Crippen LogP contribution >= 0.6 is 0 Å². The Morgan fingerprint density at radius 2 is 2.40 bits per heavy atom. The minimum Gasteiger partial charge on any atom is -0.198 e. The number of rotatable bonds is 1. The zero-order valence-electron chi connectivity index (χ0n) is 2.81. The zero-order valence-corrected chi connectivity index (χ0v) is 2.81. The molecule has 0 spiro atoms. The number of hydrogen-bond donors (Lipinski definition) is 0. The predicted octanol–water partition coefficient (Wildman–Crippen LogP) is 0.900. The van der Waals surface area contributed by atoms with Gasteiger partial charge in [-0.2, -0.15) is 5.26 Å². The molecule has 0 aromatic rings. The van der Waals surface area contributed by atoms with Crippen molar-refractivity contribution in [3.05, 3.63) is 19.1 Å². The monoisotopic (exact) mass is 67.0 g/mol. The van der Waals surface area contributed by atoms with E-state index in [4.69, 9.17) is 5.26 Å². The zero-order chi connectivity index (χ0) is 4.12. The van der Waals surface area contributed by atoms with Gasteiger partial charge in [0.15, 0.2) is 0 Å². The molecule has 0 unspecified atom stereocenters. The second-order valence-corrected chi connectivity index (χ2v) is 0.531. The predicted molar refractivity (Wildman–Crippen MR) is 20.1 cm³/mol. The van der Waals surface area contributed by atoms with Gasteiger partial charge in [0.2, 0.25) is 0 Å². The van der Waals surface area contributed by atoms with Gasteiger partial charge in [0, 0.05) is 0 Å². The van der Waals surface area contributed by atoms with Crippen molar-refractivity contribution in [1.29, 1.82) is 5.26 Å². The summed E-state index contributed by atoms with van der Waals surface area (Å²) in [5.74, 6) is 0. The van der Waals surface area contributed by atoms with Crippen molar-refractivity contribution in [2.24, 2.45) is 0 Å². The quantitative estimate of drug-likeness (QED) is 0.418. The second kappa shape index (κ2) is 3.23. The summed E-state index contributed by atoms with van der Waals surface area (Å²) >= 11 is 0. The molecule has 1 nitrogen and oxygen atoms in total. The van der Waals surface area contributed by atoms with Crippen LogP contribution in [0.3, 0.4) is 0 Å². The van der Waals surface area contributed by atoms with E-state index in [-0.39, 0.29) is 0 Å². The van der Waals surface area contributed by atoms with Crippen LogP contribution in [0.2, 0.25) is 0 Å². The molecule has 0 atom stereocenters. The first kappa shape index (κ1) is 4.23. The molecule has 0 saturated heterocycles. The largest absolute Gasteiger partial charge is 0.198 e. The number of nitriles is 1. The summed E-state index contributed by atoms with van der Waals surface area (Å²) in [6, 6.07) is 1.77. The summed E-state index contributed by atoms with van der Waals surface area (Å²) < 4.78 is 0. The summed E-state index contributed by atoms with van der Waals surface area (Å²) in [6.07, 6.45) is 2.76. The summed E-state index contributed by atoms with van der Waals surface area (Å²) in [5, 5.41) is 7.69. The first-order valence-electron chi connectivity index (χ1n) is 1.25. The Kier molecular flexibility index (Phi) is 2.73. The molecule has 0 heterocycles. The number of nitrogens with zero attached hydrogens (tertiary/aromatic N) is 1. The summed E-state index contributed by atoms with van der Waals surface area (Å²) in [5.41, 5.74) is 0. The maximum atomic E-state index is 7.69. The average molecular weight is 67.1 g/mol. The minimum absolute atomic E-state index is 1.32. The molecule has 0 aromatic heterocycles. The molecular formula is C4H4N. The van der Waals surface area contributed by atoms with Crippen molar-refractivity contribution in [1.82, 2.24) is 0 Å². The van der Waals surface area contributed by atoms with E-state index in [0.29, 0.717) is 0 Å². The summed E-state index contributed by atoms with van der Waals surface area (Å²) in [6.45, 7) is 3.27. The first-order chi connectivity index (χ1) is 2.41. The van der Waals surface area contributed by atoms with Gasteiger partial charge in [-0.1, -0.05) is 6.08 Å². The fourth-order valence-corrected chi connectivity index (χ4v) is 0.0527. The fraction of sp³-hybridized carbons (Fsp3) is 0. The maximum Gasteiger partial charge on any atom is 0.0834 e. The van der Waals surface area contributed by atoms with Crippen molar-refractivity contribution in [3.63, 3.8) is 0 Å². The smallest absolute Gasteiger partial charge is 0.0834 e. The van der Waals surface area contributed by atoms with Gasteiger partial charge in [-0.15, -0.1) is 6.58 Å². The molecule has 1 radical (unpaired) electrons. The third-order valence-corrected chi connectivity index (χ3v) is 0.192. The molecule has 0 aliphatic carbocycles. The highest BCUT2D eigenvalue weighted by molar-refractivity contribution is 5.04. The molecule has 0 fully saturated rings. The van der Waals surface area contributed by atoms with Crippen LogP contribution in [0.4, 0.5) is 0 Å². The van der Waals surface area contributed by atoms with Crippen molar-refractivity contribution in [2.75, 3.05) is 0 Å². The molecule has 0 saturated carbocycles. The van der Waals surface area contributed by atoms with Crippen LogP contribution in [-0.2, 0) is 0 Å². The van der Waals surface area contributed by atoms with Crippen molar-refractivity contribution in [3.8, 4) is 6.07 Å². The molecule has 0 aromatic carbocycles. The highest BCUT2D eigenvalue weighted by Crippen LogP contribution is 1.65. The summed E-state index contributed by atoms with van der Waals surface area (Å²) in [7, 11) is 0. The van der Waals surface area contributed by atoms with E-state index < -0.39 is 0 Å². The lowest BCUT2D eigenvalue weighted by atomic mass is 10.6. The third kappa shape index (κ3) is 3.23. The molecule has 5 heavy (non-hydrogen) atoms. The van der Waals surface area contributed by atoms with E-state index in [1.807, 2.05) is 0 Å². The van der Waals surface area contributed by atoms with Crippen LogP contribution in [-0.4, -0.2) is 0 Å². The van der Waals surface area contributed by atoms with Crippen molar-refractivity contribution in [2.45, 2.75) is 0 Å². The molecule has 0 bridgehead atoms. The lowest BCUT2D eigenvalue weighted by molar-refractivity contribution is 1.51. The SMILES string of the molecule is C=C[CH][13C]#N. The van der Waals surface area contributed by atoms with Gasteiger partial charge in [-0.05, 0) is 0 Å². The van der Waals surface area contributed by atoms with Gasteiger partial charge in [0.25, 0.3) is 0 Å². The van der Waals surface area contributed by atoms with Crippen LogP contribution in [0.1, 0.15) is 0 Å². The standard InChI is InChI=1S/C4H4N/c1-2-3-4-5/h2-3H,1H2/i4+1. The van der Waals surface area contributed by atoms with E-state index in [1.54, 1.807) is 6.07 Å². The van der Waals surface area contributed by atoms with E-state index in [2.05, 4.69) is 6.58 Å². The Morgan fingerprint density at radius 1 is 1.80 bits per heavy atom. The molecule has 25 valence electrons. The Bertz CT molecular complexity index is 58.5. The van der Waals surface area contributed by atoms with Gasteiger partial charge in [-0.25, -0.2) is 0 Å². The topological polar surface area (TPSA) is 23.8 Å². The molecule has 0 N–H and O–H groups in total. The van der Waals surface area contributed by atoms with Gasteiger partial charge >= 0.3 is 0 Å². The Hall–Kier alpha value is -0.770. The molecular weight excluding hydrogens is 63.0 g/mol. The van der Waals surface area contributed by atoms with E-state index in [9.17, 15) is 0 Å². The van der Waals surface area contributed by atoms with E-state index in [0.717, 1.165) is 0 Å². The van der Waals surface area contributed by atoms with Crippen LogP contribution < -0.4 is 0 Å². The van der Waals surface area contributed by atoms with Gasteiger partial charge in [0.05, 0.1) is 12.5 Å². The normalized spacial score (nSPS) is 5.40. The van der Waals surface area contributed by atoms with Gasteiger partial charge in [0.1, 0.15) is 0 Å². The van der Waals surface area contributed by atoms with Crippen molar-refractivity contribution < 1.29 is 0 Å². The van der Waals surface area contributed by atoms with Gasteiger partial charge in [-0.3, -0.25) is 0 Å². The second-order valence-electron chi connectivity index (χ2n) is 0.531. The Labute approximate surface area is 31.5 Å². The Balaban J connectivity index is 2.75. The van der Waals surface area contributed by atoms with Crippen LogP contribution in [0.5, 0.6) is 0 Å². The third-order valence-electron chi connectivity index (χ3n) is 0.192. The van der Waals surface area contributed by atoms with Crippen LogP contribution in [0.15, 0.2) is 12.7 Å². The average Bonchev–Trinajstić information content (AvgIpc) is 1.41. The van der Waals surface area contributed by atoms with Crippen LogP contribution in [0.25, 0.3) is 0 Å². The molecule has 1 heteroatoms. The van der Waals surface area contributed by atoms with E-state index >= 15 is 0 Å². The number of allylic oxidation sites excluding steroid dienone is 1. The summed E-state index contributed by atoms with van der Waals surface area (Å²) in [4.78, 5) is 0. The minimum atomic E-state index is 1.32. The first-order valence-corrected chi connectivity index (χ1v) is 1.25. The number of hydrogen-bond acceptors (Lipinski definition) is 1. The Morgan fingerprint density at radius 3 is 2.40 bits per heavy atom. The maximum absolute atomic E-state index is 7.69. The molecule has 0 aliphatic heterocycles. The lowest BCUT2D eigenvalue weighted by Gasteiger charge is -1.54. The lowest BCUT2D eigenvalue weighted by Crippen LogP contribution is -1.47. The molecule has 0 rings (SSSR count). The van der Waals surface area contributed by atoms with E-state index in [1.165, 1.54) is 12.5 Å². The van der Waals surface area contributed by atoms with Crippen molar-refractivity contribution >= 4 is 0 Å². The highest BCUT2D eigenvalue weighted by Gasteiger charge is 1.58. The van der Waals surface area contributed by atoms with Gasteiger partial charge < -0.3 is 0 Å². The highest BCUT2D eigenvalue weighted by atomic mass is 14.4. The van der Waals surface area contributed by atoms with Crippen LogP contribution in [0, 0.1) is 17.8 Å². The molecule has 0 aliphatic rings. The fourth-order valence-electron chi connectivity index (χ4n) is 0.0527. The molecule has 0 amide bonds.